The summed E-state index contributed by atoms with van der Waals surface area (Å²) in [7, 11) is 0. The Morgan fingerprint density at radius 3 is 2.53 bits per heavy atom. The molecule has 0 aliphatic carbocycles. The van der Waals surface area contributed by atoms with Crippen LogP contribution in [0.4, 0.5) is 0 Å². The van der Waals surface area contributed by atoms with Crippen molar-refractivity contribution in [1.82, 2.24) is 29.6 Å². The van der Waals surface area contributed by atoms with Crippen molar-refractivity contribution in [3.63, 3.8) is 0 Å². The number of aryl methyl sites for hydroxylation is 1. The Hall–Kier alpha value is -3.78. The average molecular weight is 543 g/mol. The molecule has 190 valence electrons. The molecule has 6 rings (SSSR count). The van der Waals surface area contributed by atoms with Crippen LogP contribution in [0.3, 0.4) is 0 Å². The van der Waals surface area contributed by atoms with E-state index in [4.69, 9.17) is 23.2 Å². The van der Waals surface area contributed by atoms with Crippen molar-refractivity contribution in [2.75, 3.05) is 0 Å². The number of unbranched alkanes of at least 4 members (excludes halogenated alkanes) is 1. The van der Waals surface area contributed by atoms with Crippen LogP contribution < -0.4 is 0 Å². The number of benzene rings is 3. The molecule has 0 bridgehead atoms. The van der Waals surface area contributed by atoms with Gasteiger partial charge in [0.2, 0.25) is 0 Å². The van der Waals surface area contributed by atoms with Gasteiger partial charge >= 0.3 is 0 Å². The average Bonchev–Trinajstić information content (AvgIpc) is 3.61. The minimum atomic E-state index is -1.50. The van der Waals surface area contributed by atoms with Crippen LogP contribution in [-0.2, 0) is 12.1 Å². The van der Waals surface area contributed by atoms with Crippen molar-refractivity contribution in [2.45, 2.75) is 31.9 Å². The molecule has 0 saturated carbocycles. The van der Waals surface area contributed by atoms with E-state index in [0.717, 1.165) is 41.4 Å². The summed E-state index contributed by atoms with van der Waals surface area (Å²) in [6.07, 6.45) is 5.50. The van der Waals surface area contributed by atoms with Crippen molar-refractivity contribution >= 4 is 39.8 Å². The Labute approximate surface area is 229 Å². The molecular weight excluding hydrogens is 519 g/mol. The zero-order chi connectivity index (χ0) is 26.3. The van der Waals surface area contributed by atoms with E-state index in [1.807, 2.05) is 65.2 Å². The van der Waals surface area contributed by atoms with Gasteiger partial charge in [0.1, 0.15) is 0 Å². The summed E-state index contributed by atoms with van der Waals surface area (Å²) in [4.78, 5) is 4.41. The second-order valence-corrected chi connectivity index (χ2v) is 10.2. The van der Waals surface area contributed by atoms with E-state index in [1.54, 1.807) is 29.2 Å². The van der Waals surface area contributed by atoms with Crippen molar-refractivity contribution in [3.05, 3.63) is 112 Å². The number of halogens is 2. The second kappa shape index (κ2) is 9.83. The predicted octanol–water partition coefficient (Wildman–Crippen LogP) is 6.53. The van der Waals surface area contributed by atoms with Gasteiger partial charge in [-0.2, -0.15) is 4.52 Å². The number of hydrogen-bond donors (Lipinski definition) is 1. The third-order valence-corrected chi connectivity index (χ3v) is 7.42. The van der Waals surface area contributed by atoms with Crippen LogP contribution in [-0.4, -0.2) is 34.7 Å². The van der Waals surface area contributed by atoms with Gasteiger partial charge in [-0.1, -0.05) is 66.9 Å². The molecule has 0 amide bonds. The maximum Gasteiger partial charge on any atom is 0.180 e. The van der Waals surface area contributed by atoms with Gasteiger partial charge in [-0.3, -0.25) is 0 Å². The number of hydrogen-bond acceptors (Lipinski definition) is 5. The fourth-order valence-corrected chi connectivity index (χ4v) is 5.32. The van der Waals surface area contributed by atoms with Crippen LogP contribution in [0.5, 0.6) is 0 Å². The number of pyridine rings is 1. The Bertz CT molecular complexity index is 1760. The topological polar surface area (TPSA) is 81.1 Å². The number of tetrazole rings is 1. The van der Waals surface area contributed by atoms with Crippen molar-refractivity contribution in [2.24, 2.45) is 0 Å². The van der Waals surface area contributed by atoms with Crippen LogP contribution >= 0.6 is 23.2 Å². The molecule has 7 nitrogen and oxygen atoms in total. The lowest BCUT2D eigenvalue weighted by molar-refractivity contribution is 0.116. The quantitative estimate of drug-likeness (QED) is 0.248. The minimum Gasteiger partial charge on any atom is -0.374 e. The van der Waals surface area contributed by atoms with Crippen LogP contribution in [0.1, 0.15) is 36.6 Å². The van der Waals surface area contributed by atoms with Gasteiger partial charge in [-0.25, -0.2) is 4.98 Å². The molecule has 0 aliphatic rings. The SMILES string of the molecule is CCCCn1cncc1C(O)(c1ccc(Cl)cc1)c1ccc2c(c1)c(-c1cccc(Cl)c1)cc1nnnn12. The van der Waals surface area contributed by atoms with Crippen LogP contribution in [0.25, 0.3) is 27.7 Å². The zero-order valence-electron chi connectivity index (χ0n) is 20.6. The van der Waals surface area contributed by atoms with Gasteiger partial charge < -0.3 is 9.67 Å². The Morgan fingerprint density at radius 2 is 1.74 bits per heavy atom. The third-order valence-electron chi connectivity index (χ3n) is 6.93. The molecule has 3 heterocycles. The first-order valence-corrected chi connectivity index (χ1v) is 13.1. The molecule has 0 fully saturated rings. The smallest absolute Gasteiger partial charge is 0.180 e. The molecule has 38 heavy (non-hydrogen) atoms. The monoisotopic (exact) mass is 542 g/mol. The number of aliphatic hydroxyl groups is 1. The molecule has 1 N–H and O–H groups in total. The second-order valence-electron chi connectivity index (χ2n) is 9.29. The summed E-state index contributed by atoms with van der Waals surface area (Å²) in [6, 6.07) is 22.7. The standard InChI is InChI=1S/C29H24Cl2N6O/c1-2-3-13-36-18-32-17-27(36)29(38,20-7-10-22(30)11-8-20)21-9-12-26-25(15-21)24(16-28-33-34-35-37(26)28)19-5-4-6-23(31)14-19/h4-12,14-18,38H,2-3,13H2,1H3. The molecule has 3 aromatic heterocycles. The van der Waals surface area contributed by atoms with E-state index in [0.29, 0.717) is 32.5 Å². The normalized spacial score (nSPS) is 13.3. The first kappa shape index (κ1) is 24.6. The Morgan fingerprint density at radius 1 is 0.921 bits per heavy atom. The highest BCUT2D eigenvalue weighted by molar-refractivity contribution is 6.31. The number of fused-ring (bicyclic) bond motifs is 3. The summed E-state index contributed by atoms with van der Waals surface area (Å²) in [5.41, 5.74) is 3.81. The summed E-state index contributed by atoms with van der Waals surface area (Å²) in [6.45, 7) is 2.89. The summed E-state index contributed by atoms with van der Waals surface area (Å²) in [5.74, 6) is 0. The molecule has 9 heteroatoms. The van der Waals surface area contributed by atoms with Gasteiger partial charge in [0.05, 0.1) is 23.7 Å². The molecule has 1 atom stereocenters. The Kier molecular flexibility index (Phi) is 6.35. The lowest BCUT2D eigenvalue weighted by Gasteiger charge is -2.31. The lowest BCUT2D eigenvalue weighted by atomic mass is 9.82. The van der Waals surface area contributed by atoms with Crippen molar-refractivity contribution < 1.29 is 5.11 Å². The molecule has 1 unspecified atom stereocenters. The van der Waals surface area contributed by atoms with Crippen molar-refractivity contribution in [1.29, 1.82) is 0 Å². The number of aromatic nitrogens is 6. The van der Waals surface area contributed by atoms with E-state index in [-0.39, 0.29) is 0 Å². The summed E-state index contributed by atoms with van der Waals surface area (Å²) < 4.78 is 3.71. The van der Waals surface area contributed by atoms with E-state index < -0.39 is 5.60 Å². The molecule has 3 aromatic carbocycles. The zero-order valence-corrected chi connectivity index (χ0v) is 22.1. The van der Waals surface area contributed by atoms with E-state index in [9.17, 15) is 5.11 Å². The fraction of sp³-hybridized carbons (Fsp3) is 0.172. The first-order valence-electron chi connectivity index (χ1n) is 12.4. The summed E-state index contributed by atoms with van der Waals surface area (Å²) in [5, 5.41) is 27.0. The third kappa shape index (κ3) is 4.13. The molecule has 0 spiro atoms. The number of rotatable bonds is 7. The van der Waals surface area contributed by atoms with Gasteiger partial charge in [-0.05, 0) is 81.6 Å². The molecule has 0 radical (unpaired) electrons. The predicted molar refractivity (Wildman–Crippen MR) is 149 cm³/mol. The fourth-order valence-electron chi connectivity index (χ4n) is 5.00. The number of imidazole rings is 1. The number of nitrogens with zero attached hydrogens (tertiary/aromatic N) is 6. The molecule has 0 aliphatic heterocycles. The van der Waals surface area contributed by atoms with Crippen LogP contribution in [0.15, 0.2) is 85.3 Å². The van der Waals surface area contributed by atoms with Gasteiger partial charge in [0, 0.05) is 22.0 Å². The maximum absolute atomic E-state index is 12.7. The van der Waals surface area contributed by atoms with Gasteiger partial charge in [0.25, 0.3) is 0 Å². The highest BCUT2D eigenvalue weighted by Gasteiger charge is 2.37. The Balaban J connectivity index is 1.64. The minimum absolute atomic E-state index is 0.596. The largest absolute Gasteiger partial charge is 0.374 e. The van der Waals surface area contributed by atoms with E-state index in [2.05, 4.69) is 27.4 Å². The maximum atomic E-state index is 12.7. The van der Waals surface area contributed by atoms with E-state index >= 15 is 0 Å². The van der Waals surface area contributed by atoms with Crippen LogP contribution in [0.2, 0.25) is 10.0 Å². The van der Waals surface area contributed by atoms with Gasteiger partial charge in [0.15, 0.2) is 11.2 Å². The highest BCUT2D eigenvalue weighted by atomic mass is 35.5. The molecular formula is C29H24Cl2N6O. The lowest BCUT2D eigenvalue weighted by Crippen LogP contribution is -2.31. The van der Waals surface area contributed by atoms with Crippen molar-refractivity contribution in [3.8, 4) is 11.1 Å². The summed E-state index contributed by atoms with van der Waals surface area (Å²) >= 11 is 12.6. The van der Waals surface area contributed by atoms with Crippen LogP contribution in [0, 0.1) is 0 Å². The van der Waals surface area contributed by atoms with E-state index in [1.165, 1.54) is 0 Å². The van der Waals surface area contributed by atoms with Gasteiger partial charge in [-0.15, -0.1) is 5.10 Å². The highest BCUT2D eigenvalue weighted by Crippen LogP contribution is 2.40. The first-order chi connectivity index (χ1) is 18.5. The molecule has 0 saturated heterocycles. The molecule has 6 aromatic rings.